The highest BCUT2D eigenvalue weighted by atomic mass is 16.5. The van der Waals surface area contributed by atoms with Crippen molar-refractivity contribution in [1.82, 2.24) is 9.97 Å². The monoisotopic (exact) mass is 355 g/mol. The highest BCUT2D eigenvalue weighted by molar-refractivity contribution is 5.86. The molecule has 6 heteroatoms. The molecular formula is C20H25N3O3. The first-order chi connectivity index (χ1) is 12.4. The van der Waals surface area contributed by atoms with Gasteiger partial charge in [-0.05, 0) is 11.0 Å². The number of ether oxygens (including phenoxy) is 2. The van der Waals surface area contributed by atoms with Gasteiger partial charge in [-0.2, -0.15) is 0 Å². The summed E-state index contributed by atoms with van der Waals surface area (Å²) < 4.78 is 11.1. The van der Waals surface area contributed by atoms with Crippen molar-refractivity contribution in [1.29, 1.82) is 0 Å². The maximum Gasteiger partial charge on any atom is 0.358 e. The molecule has 0 aliphatic carbocycles. The van der Waals surface area contributed by atoms with Crippen molar-refractivity contribution in [2.24, 2.45) is 5.41 Å². The van der Waals surface area contributed by atoms with Crippen LogP contribution in [0.4, 0.5) is 5.82 Å². The van der Waals surface area contributed by atoms with Crippen LogP contribution in [0.15, 0.2) is 42.7 Å². The first-order valence-electron chi connectivity index (χ1n) is 8.74. The van der Waals surface area contributed by atoms with Crippen molar-refractivity contribution in [2.45, 2.75) is 33.0 Å². The summed E-state index contributed by atoms with van der Waals surface area (Å²) in [7, 11) is 1.33. The van der Waals surface area contributed by atoms with Gasteiger partial charge >= 0.3 is 5.97 Å². The minimum atomic E-state index is -0.485. The molecule has 2 heterocycles. The van der Waals surface area contributed by atoms with Crippen LogP contribution in [0, 0.1) is 5.41 Å². The summed E-state index contributed by atoms with van der Waals surface area (Å²) in [6.07, 6.45) is 3.08. The standard InChI is InChI=1S/C20H25N3O3/c1-20(2,3)17-13-23(12-16(26-17)14-8-6-5-7-9-14)18-11-21-15(10-22-18)19(24)25-4/h5-11,16-17H,12-13H2,1-4H3/t16-,17+/m0/s1. The van der Waals surface area contributed by atoms with Gasteiger partial charge in [-0.1, -0.05) is 51.1 Å². The predicted octanol–water partition coefficient (Wildman–Crippen LogP) is 3.26. The molecular weight excluding hydrogens is 330 g/mol. The second-order valence-electron chi connectivity index (χ2n) is 7.55. The van der Waals surface area contributed by atoms with Crippen molar-refractivity contribution in [3.63, 3.8) is 0 Å². The normalized spacial score (nSPS) is 20.7. The Balaban J connectivity index is 1.86. The molecule has 26 heavy (non-hydrogen) atoms. The minimum absolute atomic E-state index is 0.00884. The van der Waals surface area contributed by atoms with Gasteiger partial charge in [0, 0.05) is 13.1 Å². The van der Waals surface area contributed by atoms with Crippen LogP contribution in [0.25, 0.3) is 0 Å². The third kappa shape index (κ3) is 4.02. The van der Waals surface area contributed by atoms with Crippen molar-refractivity contribution < 1.29 is 14.3 Å². The van der Waals surface area contributed by atoms with E-state index in [-0.39, 0.29) is 23.3 Å². The SMILES string of the molecule is COC(=O)c1cnc(N2C[C@@H](c3ccccc3)O[C@@H](C(C)(C)C)C2)cn1. The van der Waals surface area contributed by atoms with E-state index in [0.29, 0.717) is 6.54 Å². The number of carbonyl (C=O) groups excluding carboxylic acids is 1. The molecule has 6 nitrogen and oxygen atoms in total. The summed E-state index contributed by atoms with van der Waals surface area (Å²) in [4.78, 5) is 22.3. The summed E-state index contributed by atoms with van der Waals surface area (Å²) in [6, 6.07) is 10.2. The Labute approximate surface area is 154 Å². The minimum Gasteiger partial charge on any atom is -0.464 e. The average molecular weight is 355 g/mol. The Morgan fingerprint density at radius 3 is 2.46 bits per heavy atom. The van der Waals surface area contributed by atoms with Crippen LogP contribution < -0.4 is 4.90 Å². The highest BCUT2D eigenvalue weighted by Gasteiger charge is 2.36. The van der Waals surface area contributed by atoms with Gasteiger partial charge in [0.2, 0.25) is 0 Å². The Hall–Kier alpha value is -2.47. The van der Waals surface area contributed by atoms with Crippen LogP contribution in [0.1, 0.15) is 42.9 Å². The van der Waals surface area contributed by atoms with E-state index in [1.54, 1.807) is 6.20 Å². The Morgan fingerprint density at radius 1 is 1.15 bits per heavy atom. The fraction of sp³-hybridized carbons (Fsp3) is 0.450. The molecule has 0 saturated carbocycles. The molecule has 1 aliphatic heterocycles. The van der Waals surface area contributed by atoms with Crippen molar-refractivity contribution in [3.8, 4) is 0 Å². The van der Waals surface area contributed by atoms with E-state index in [1.165, 1.54) is 13.3 Å². The molecule has 1 fully saturated rings. The number of benzene rings is 1. The smallest absolute Gasteiger partial charge is 0.358 e. The lowest BCUT2D eigenvalue weighted by Crippen LogP contribution is -2.49. The summed E-state index contributed by atoms with van der Waals surface area (Å²) in [5.74, 6) is 0.247. The van der Waals surface area contributed by atoms with Crippen molar-refractivity contribution in [2.75, 3.05) is 25.1 Å². The third-order valence-corrected chi connectivity index (χ3v) is 4.59. The number of esters is 1. The Bertz CT molecular complexity index is 741. The van der Waals surface area contributed by atoms with Crippen LogP contribution in [-0.4, -0.2) is 42.2 Å². The molecule has 3 rings (SSSR count). The molecule has 1 aromatic heterocycles. The van der Waals surface area contributed by atoms with Gasteiger partial charge in [0.05, 0.1) is 25.6 Å². The molecule has 1 aliphatic rings. The first kappa shape index (κ1) is 18.3. The fourth-order valence-corrected chi connectivity index (χ4v) is 2.97. The maximum absolute atomic E-state index is 11.6. The molecule has 1 aromatic carbocycles. The van der Waals surface area contributed by atoms with E-state index >= 15 is 0 Å². The van der Waals surface area contributed by atoms with Gasteiger partial charge in [-0.25, -0.2) is 14.8 Å². The third-order valence-electron chi connectivity index (χ3n) is 4.59. The molecule has 1 saturated heterocycles. The summed E-state index contributed by atoms with van der Waals surface area (Å²) in [6.45, 7) is 7.93. The van der Waals surface area contributed by atoms with E-state index in [0.717, 1.165) is 17.9 Å². The van der Waals surface area contributed by atoms with Crippen LogP contribution in [0.5, 0.6) is 0 Å². The lowest BCUT2D eigenvalue weighted by atomic mass is 9.87. The number of anilines is 1. The molecule has 0 amide bonds. The highest BCUT2D eigenvalue weighted by Crippen LogP contribution is 2.34. The summed E-state index contributed by atoms with van der Waals surface area (Å²) in [5, 5.41) is 0. The zero-order valence-corrected chi connectivity index (χ0v) is 15.7. The number of carbonyl (C=O) groups is 1. The molecule has 0 unspecified atom stereocenters. The van der Waals surface area contributed by atoms with Crippen LogP contribution in [0.3, 0.4) is 0 Å². The fourth-order valence-electron chi connectivity index (χ4n) is 2.97. The van der Waals surface area contributed by atoms with Gasteiger partial charge in [0.15, 0.2) is 5.69 Å². The number of hydrogen-bond acceptors (Lipinski definition) is 6. The van der Waals surface area contributed by atoms with E-state index in [1.807, 2.05) is 18.2 Å². The van der Waals surface area contributed by atoms with Gasteiger partial charge in [-0.3, -0.25) is 0 Å². The number of nitrogens with zero attached hydrogens (tertiary/aromatic N) is 3. The molecule has 0 bridgehead atoms. The topological polar surface area (TPSA) is 64.5 Å². The molecule has 0 N–H and O–H groups in total. The first-order valence-corrected chi connectivity index (χ1v) is 8.74. The summed E-state index contributed by atoms with van der Waals surface area (Å²) in [5.41, 5.74) is 1.34. The van der Waals surface area contributed by atoms with E-state index < -0.39 is 5.97 Å². The molecule has 2 aromatic rings. The second kappa shape index (κ2) is 7.41. The van der Waals surface area contributed by atoms with Crippen LogP contribution >= 0.6 is 0 Å². The molecule has 2 atom stereocenters. The van der Waals surface area contributed by atoms with Gasteiger partial charge in [-0.15, -0.1) is 0 Å². The summed E-state index contributed by atoms with van der Waals surface area (Å²) >= 11 is 0. The number of morpholine rings is 1. The lowest BCUT2D eigenvalue weighted by Gasteiger charge is -2.44. The molecule has 0 radical (unpaired) electrons. The number of methoxy groups -OCH3 is 1. The lowest BCUT2D eigenvalue weighted by molar-refractivity contribution is -0.0793. The largest absolute Gasteiger partial charge is 0.464 e. The van der Waals surface area contributed by atoms with Crippen molar-refractivity contribution >= 4 is 11.8 Å². The second-order valence-corrected chi connectivity index (χ2v) is 7.55. The van der Waals surface area contributed by atoms with E-state index in [9.17, 15) is 4.79 Å². The number of aromatic nitrogens is 2. The van der Waals surface area contributed by atoms with Gasteiger partial charge < -0.3 is 14.4 Å². The Morgan fingerprint density at radius 2 is 1.88 bits per heavy atom. The van der Waals surface area contributed by atoms with E-state index in [2.05, 4.69) is 52.5 Å². The zero-order chi connectivity index (χ0) is 18.7. The number of hydrogen-bond donors (Lipinski definition) is 0. The Kier molecular flexibility index (Phi) is 5.23. The molecule has 138 valence electrons. The van der Waals surface area contributed by atoms with Crippen molar-refractivity contribution in [3.05, 3.63) is 54.0 Å². The van der Waals surface area contributed by atoms with Gasteiger partial charge in [0.25, 0.3) is 0 Å². The maximum atomic E-state index is 11.6. The predicted molar refractivity (Wildman–Crippen MR) is 99.1 cm³/mol. The number of rotatable bonds is 3. The van der Waals surface area contributed by atoms with E-state index in [4.69, 9.17) is 4.74 Å². The average Bonchev–Trinajstić information content (AvgIpc) is 2.67. The van der Waals surface area contributed by atoms with Crippen LogP contribution in [0.2, 0.25) is 0 Å². The molecule has 0 spiro atoms. The zero-order valence-electron chi connectivity index (χ0n) is 15.7. The van der Waals surface area contributed by atoms with Crippen LogP contribution in [-0.2, 0) is 9.47 Å². The van der Waals surface area contributed by atoms with Gasteiger partial charge in [0.1, 0.15) is 11.9 Å². The quantitative estimate of drug-likeness (QED) is 0.788.